The molecule has 0 bridgehead atoms. The number of carbonyl (C=O) groups excluding carboxylic acids is 1. The van der Waals surface area contributed by atoms with Crippen molar-refractivity contribution in [2.24, 2.45) is 0 Å². The Kier molecular flexibility index (Phi) is 2.69. The molecule has 110 valence electrons. The van der Waals surface area contributed by atoms with Crippen molar-refractivity contribution < 1.29 is 9.53 Å². The zero-order chi connectivity index (χ0) is 14.6. The average Bonchev–Trinajstić information content (AvgIpc) is 2.97. The molecule has 1 spiro atoms. The van der Waals surface area contributed by atoms with Crippen LogP contribution in [-0.2, 0) is 10.5 Å². The van der Waals surface area contributed by atoms with Crippen molar-refractivity contribution in [3.05, 3.63) is 35.5 Å². The molecule has 0 saturated heterocycles. The smallest absolute Gasteiger partial charge is 0.357 e. The fraction of sp³-hybridized carbons (Fsp3) is 0.500. The molecular weight excluding hydrogens is 262 g/mol. The number of nitrogens with zero attached hydrogens (tertiary/aromatic N) is 1. The summed E-state index contributed by atoms with van der Waals surface area (Å²) in [6.07, 6.45) is 5.40. The molecule has 1 saturated carbocycles. The number of rotatable bonds is 1. The minimum atomic E-state index is -0.411. The topological polar surface area (TPSA) is 31.2 Å². The number of fused-ring (bicyclic) bond motifs is 4. The van der Waals surface area contributed by atoms with Crippen LogP contribution >= 0.6 is 0 Å². The van der Waals surface area contributed by atoms with Gasteiger partial charge in [0.25, 0.3) is 0 Å². The van der Waals surface area contributed by atoms with E-state index in [0.29, 0.717) is 5.92 Å². The third-order valence-electron chi connectivity index (χ3n) is 5.03. The highest BCUT2D eigenvalue weighted by atomic mass is 16.6. The second-order valence-corrected chi connectivity index (χ2v) is 6.73. The van der Waals surface area contributed by atoms with E-state index in [1.54, 1.807) is 0 Å². The van der Waals surface area contributed by atoms with E-state index in [4.69, 9.17) is 4.74 Å². The first-order chi connectivity index (χ1) is 10.1. The maximum absolute atomic E-state index is 12.3. The van der Waals surface area contributed by atoms with Crippen LogP contribution in [0.15, 0.2) is 24.3 Å². The van der Waals surface area contributed by atoms with E-state index < -0.39 is 5.72 Å². The van der Waals surface area contributed by atoms with Crippen molar-refractivity contribution in [3.63, 3.8) is 0 Å². The van der Waals surface area contributed by atoms with Crippen LogP contribution in [0.4, 0.5) is 0 Å². The first-order valence-corrected chi connectivity index (χ1v) is 8.00. The molecule has 0 radical (unpaired) electrons. The molecule has 0 N–H and O–H groups in total. The Labute approximate surface area is 124 Å². The summed E-state index contributed by atoms with van der Waals surface area (Å²) >= 11 is 0. The van der Waals surface area contributed by atoms with Gasteiger partial charge in [-0.25, -0.2) is 4.79 Å². The molecule has 21 heavy (non-hydrogen) atoms. The molecule has 4 rings (SSSR count). The second-order valence-electron chi connectivity index (χ2n) is 6.73. The van der Waals surface area contributed by atoms with Gasteiger partial charge in [-0.15, -0.1) is 0 Å². The summed E-state index contributed by atoms with van der Waals surface area (Å²) < 4.78 is 7.98. The summed E-state index contributed by atoms with van der Waals surface area (Å²) in [6, 6.07) is 8.56. The Hall–Kier alpha value is -1.77. The van der Waals surface area contributed by atoms with Crippen LogP contribution in [0.25, 0.3) is 10.9 Å². The highest BCUT2D eigenvalue weighted by Gasteiger charge is 2.46. The molecule has 0 unspecified atom stereocenters. The molecule has 3 nitrogen and oxygen atoms in total. The molecule has 1 aliphatic heterocycles. The number of hydrogen-bond donors (Lipinski definition) is 0. The van der Waals surface area contributed by atoms with Gasteiger partial charge in [0, 0.05) is 18.2 Å². The maximum Gasteiger partial charge on any atom is 0.357 e. The Morgan fingerprint density at radius 3 is 2.62 bits per heavy atom. The highest BCUT2D eigenvalue weighted by Crippen LogP contribution is 2.44. The number of esters is 1. The molecular formula is C18H21NO2. The lowest BCUT2D eigenvalue weighted by atomic mass is 9.91. The van der Waals surface area contributed by atoms with E-state index in [1.807, 2.05) is 6.07 Å². The van der Waals surface area contributed by atoms with Crippen LogP contribution in [-0.4, -0.2) is 10.5 Å². The Morgan fingerprint density at radius 2 is 1.90 bits per heavy atom. The summed E-state index contributed by atoms with van der Waals surface area (Å²) in [7, 11) is 0. The van der Waals surface area contributed by atoms with Gasteiger partial charge in [0.2, 0.25) is 0 Å². The first kappa shape index (κ1) is 12.9. The van der Waals surface area contributed by atoms with Gasteiger partial charge in [0.15, 0.2) is 5.72 Å². The van der Waals surface area contributed by atoms with E-state index in [2.05, 4.69) is 36.6 Å². The second kappa shape index (κ2) is 4.36. The van der Waals surface area contributed by atoms with E-state index in [-0.39, 0.29) is 5.97 Å². The quantitative estimate of drug-likeness (QED) is 0.719. The van der Waals surface area contributed by atoms with Crippen LogP contribution in [0.5, 0.6) is 0 Å². The molecule has 1 aliphatic carbocycles. The van der Waals surface area contributed by atoms with Gasteiger partial charge in [-0.05, 0) is 42.5 Å². The summed E-state index contributed by atoms with van der Waals surface area (Å²) in [5.41, 5.74) is 2.78. The van der Waals surface area contributed by atoms with Crippen molar-refractivity contribution in [1.29, 1.82) is 0 Å². The molecule has 2 aliphatic rings. The number of ether oxygens (including phenoxy) is 1. The van der Waals surface area contributed by atoms with Gasteiger partial charge < -0.3 is 4.74 Å². The predicted molar refractivity (Wildman–Crippen MR) is 82.5 cm³/mol. The highest BCUT2D eigenvalue weighted by molar-refractivity contribution is 5.98. The zero-order valence-electron chi connectivity index (χ0n) is 12.7. The number of carbonyl (C=O) groups is 1. The summed E-state index contributed by atoms with van der Waals surface area (Å²) in [4.78, 5) is 12.3. The largest absolute Gasteiger partial charge is 0.434 e. The number of hydrogen-bond acceptors (Lipinski definition) is 2. The van der Waals surface area contributed by atoms with Crippen molar-refractivity contribution in [2.45, 2.75) is 57.6 Å². The van der Waals surface area contributed by atoms with Gasteiger partial charge >= 0.3 is 5.97 Å². The van der Waals surface area contributed by atoms with Crippen LogP contribution in [0.1, 0.15) is 67.9 Å². The molecule has 1 aromatic carbocycles. The van der Waals surface area contributed by atoms with Crippen molar-refractivity contribution in [2.75, 3.05) is 0 Å². The third-order valence-corrected chi connectivity index (χ3v) is 5.03. The monoisotopic (exact) mass is 283 g/mol. The molecule has 0 atom stereocenters. The SMILES string of the molecule is CC(C)c1ccc2c(c1)cc1n2C2(CCCCC2)OC1=O. The fourth-order valence-corrected chi connectivity index (χ4v) is 3.88. The number of benzene rings is 1. The van der Waals surface area contributed by atoms with E-state index in [9.17, 15) is 4.79 Å². The first-order valence-electron chi connectivity index (χ1n) is 8.00. The van der Waals surface area contributed by atoms with Gasteiger partial charge in [0.05, 0.1) is 5.52 Å². The molecule has 3 heteroatoms. The third kappa shape index (κ3) is 1.76. The van der Waals surface area contributed by atoms with Crippen molar-refractivity contribution >= 4 is 16.9 Å². The van der Waals surface area contributed by atoms with Crippen molar-refractivity contribution in [3.8, 4) is 0 Å². The van der Waals surface area contributed by atoms with Crippen LogP contribution in [0, 0.1) is 0 Å². The van der Waals surface area contributed by atoms with Crippen LogP contribution in [0.3, 0.4) is 0 Å². The predicted octanol–water partition coefficient (Wildman–Crippen LogP) is 4.55. The summed E-state index contributed by atoms with van der Waals surface area (Å²) in [5.74, 6) is 0.346. The van der Waals surface area contributed by atoms with Crippen molar-refractivity contribution in [1.82, 2.24) is 4.57 Å². The van der Waals surface area contributed by atoms with E-state index in [0.717, 1.165) is 42.3 Å². The number of aromatic nitrogens is 1. The zero-order valence-corrected chi connectivity index (χ0v) is 12.7. The molecule has 0 amide bonds. The van der Waals surface area contributed by atoms with Gasteiger partial charge in [-0.2, -0.15) is 0 Å². The summed E-state index contributed by atoms with van der Waals surface area (Å²) in [5, 5.41) is 1.16. The van der Waals surface area contributed by atoms with Gasteiger partial charge in [-0.3, -0.25) is 4.57 Å². The Balaban J connectivity index is 1.93. The standard InChI is InChI=1S/C18H21NO2/c1-12(2)13-6-7-15-14(10-13)11-16-17(20)21-18(19(15)16)8-4-3-5-9-18/h6-7,10-12H,3-5,8-9H2,1-2H3. The van der Waals surface area contributed by atoms with E-state index in [1.165, 1.54) is 12.0 Å². The molecule has 1 aromatic heterocycles. The fourth-order valence-electron chi connectivity index (χ4n) is 3.88. The average molecular weight is 283 g/mol. The molecule has 2 heterocycles. The normalized spacial score (nSPS) is 20.2. The van der Waals surface area contributed by atoms with E-state index >= 15 is 0 Å². The lowest BCUT2D eigenvalue weighted by Crippen LogP contribution is -2.34. The Morgan fingerprint density at radius 1 is 1.14 bits per heavy atom. The summed E-state index contributed by atoms with van der Waals surface area (Å²) in [6.45, 7) is 4.39. The minimum Gasteiger partial charge on any atom is -0.434 e. The van der Waals surface area contributed by atoms with Crippen LogP contribution < -0.4 is 0 Å². The lowest BCUT2D eigenvalue weighted by molar-refractivity contribution is -0.0654. The lowest BCUT2D eigenvalue weighted by Gasteiger charge is -2.34. The Bertz CT molecular complexity index is 720. The van der Waals surface area contributed by atoms with Gasteiger partial charge in [0.1, 0.15) is 5.69 Å². The molecule has 1 fully saturated rings. The van der Waals surface area contributed by atoms with Crippen LogP contribution in [0.2, 0.25) is 0 Å². The van der Waals surface area contributed by atoms with Gasteiger partial charge in [-0.1, -0.05) is 26.3 Å². The maximum atomic E-state index is 12.3. The minimum absolute atomic E-state index is 0.154. The molecule has 2 aromatic rings.